The van der Waals surface area contributed by atoms with Gasteiger partial charge < -0.3 is 4.90 Å². The Morgan fingerprint density at radius 2 is 1.74 bits per heavy atom. The minimum atomic E-state index is 0.862. The number of aromatic nitrogens is 3. The normalized spacial score (nSPS) is 13.4. The summed E-state index contributed by atoms with van der Waals surface area (Å²) in [4.78, 5) is 2.35. The second-order valence-electron chi connectivity index (χ2n) is 5.87. The highest BCUT2D eigenvalue weighted by atomic mass is 79.9. The maximum atomic E-state index is 4.35. The van der Waals surface area contributed by atoms with Crippen LogP contribution in [0.15, 0.2) is 46.9 Å². The van der Waals surface area contributed by atoms with Crippen LogP contribution in [-0.4, -0.2) is 21.3 Å². The Morgan fingerprint density at radius 3 is 2.52 bits per heavy atom. The van der Waals surface area contributed by atoms with E-state index in [1.165, 1.54) is 16.9 Å². The second kappa shape index (κ2) is 5.49. The molecule has 0 saturated heterocycles. The molecule has 0 spiro atoms. The molecule has 3 aromatic rings. The highest BCUT2D eigenvalue weighted by Crippen LogP contribution is 2.36. The van der Waals surface area contributed by atoms with Crippen LogP contribution in [0.25, 0.3) is 5.69 Å². The summed E-state index contributed by atoms with van der Waals surface area (Å²) >= 11 is 3.61. The fraction of sp³-hybridized carbons (Fsp3) is 0.222. The van der Waals surface area contributed by atoms with E-state index in [0.717, 1.165) is 34.8 Å². The molecule has 0 atom stereocenters. The quantitative estimate of drug-likeness (QED) is 0.640. The Labute approximate surface area is 143 Å². The lowest BCUT2D eigenvalue weighted by Gasteiger charge is -2.25. The summed E-state index contributed by atoms with van der Waals surface area (Å²) in [5.41, 5.74) is 4.77. The molecule has 23 heavy (non-hydrogen) atoms. The molecule has 0 amide bonds. The molecule has 0 unspecified atom stereocenters. The van der Waals surface area contributed by atoms with Crippen molar-refractivity contribution in [1.82, 2.24) is 14.8 Å². The fourth-order valence-corrected chi connectivity index (χ4v) is 3.46. The van der Waals surface area contributed by atoms with Crippen molar-refractivity contribution in [3.05, 3.63) is 64.1 Å². The summed E-state index contributed by atoms with van der Waals surface area (Å²) in [5, 5.41) is 8.61. The Morgan fingerprint density at radius 1 is 0.957 bits per heavy atom. The van der Waals surface area contributed by atoms with Crippen molar-refractivity contribution in [2.75, 3.05) is 11.4 Å². The molecular formula is C18H17BrN4. The molecule has 0 saturated carbocycles. The number of halogens is 1. The predicted molar refractivity (Wildman–Crippen MR) is 95.7 cm³/mol. The van der Waals surface area contributed by atoms with Crippen LogP contribution >= 0.6 is 15.9 Å². The molecule has 5 heteroatoms. The van der Waals surface area contributed by atoms with Gasteiger partial charge in [0.1, 0.15) is 11.6 Å². The SMILES string of the molecule is Cc1ccc(N2CCc3nnc(C)n3-c3ccc(Br)cc32)cc1. The predicted octanol–water partition coefficient (Wildman–Crippen LogP) is 4.34. The molecule has 2 heterocycles. The minimum Gasteiger partial charge on any atom is -0.339 e. The van der Waals surface area contributed by atoms with E-state index < -0.39 is 0 Å². The van der Waals surface area contributed by atoms with Gasteiger partial charge >= 0.3 is 0 Å². The molecule has 0 aliphatic carbocycles. The largest absolute Gasteiger partial charge is 0.339 e. The minimum absolute atomic E-state index is 0.862. The Kier molecular flexibility index (Phi) is 3.45. The highest BCUT2D eigenvalue weighted by molar-refractivity contribution is 9.10. The highest BCUT2D eigenvalue weighted by Gasteiger charge is 2.23. The summed E-state index contributed by atoms with van der Waals surface area (Å²) in [5.74, 6) is 1.94. The first-order valence-electron chi connectivity index (χ1n) is 7.68. The lowest BCUT2D eigenvalue weighted by atomic mass is 10.1. The van der Waals surface area contributed by atoms with E-state index in [1.807, 2.05) is 6.92 Å². The van der Waals surface area contributed by atoms with Crippen molar-refractivity contribution in [3.8, 4) is 5.69 Å². The van der Waals surface area contributed by atoms with E-state index in [2.05, 4.69) is 85.0 Å². The lowest BCUT2D eigenvalue weighted by Crippen LogP contribution is -2.19. The van der Waals surface area contributed by atoms with Gasteiger partial charge in [-0.1, -0.05) is 33.6 Å². The molecule has 0 fully saturated rings. The van der Waals surface area contributed by atoms with Gasteiger partial charge in [-0.2, -0.15) is 0 Å². The van der Waals surface area contributed by atoms with Crippen LogP contribution in [0, 0.1) is 13.8 Å². The van der Waals surface area contributed by atoms with Gasteiger partial charge in [0, 0.05) is 23.1 Å². The van der Waals surface area contributed by atoms with Crippen LogP contribution in [0.3, 0.4) is 0 Å². The van der Waals surface area contributed by atoms with Gasteiger partial charge in [-0.25, -0.2) is 0 Å². The Balaban J connectivity index is 1.92. The number of aryl methyl sites for hydroxylation is 2. The average molecular weight is 369 g/mol. The molecule has 2 aromatic carbocycles. The molecule has 4 rings (SSSR count). The second-order valence-corrected chi connectivity index (χ2v) is 6.78. The summed E-state index contributed by atoms with van der Waals surface area (Å²) < 4.78 is 3.23. The van der Waals surface area contributed by atoms with Crippen LogP contribution < -0.4 is 4.90 Å². The van der Waals surface area contributed by atoms with Crippen LogP contribution in [0.1, 0.15) is 17.2 Å². The van der Waals surface area contributed by atoms with E-state index in [0.29, 0.717) is 0 Å². The zero-order chi connectivity index (χ0) is 16.0. The van der Waals surface area contributed by atoms with Gasteiger partial charge in [-0.05, 0) is 44.2 Å². The maximum Gasteiger partial charge on any atom is 0.139 e. The van der Waals surface area contributed by atoms with Gasteiger partial charge in [-0.15, -0.1) is 10.2 Å². The van der Waals surface area contributed by atoms with Crippen molar-refractivity contribution in [1.29, 1.82) is 0 Å². The van der Waals surface area contributed by atoms with Gasteiger partial charge in [-0.3, -0.25) is 4.57 Å². The average Bonchev–Trinajstić information content (AvgIpc) is 2.82. The number of hydrogen-bond donors (Lipinski definition) is 0. The molecule has 1 aliphatic heterocycles. The Bertz CT molecular complexity index is 867. The third-order valence-electron chi connectivity index (χ3n) is 4.27. The van der Waals surface area contributed by atoms with E-state index >= 15 is 0 Å². The van der Waals surface area contributed by atoms with Gasteiger partial charge in [0.2, 0.25) is 0 Å². The molecule has 116 valence electrons. The first kappa shape index (κ1) is 14.5. The van der Waals surface area contributed by atoms with Crippen molar-refractivity contribution in [2.24, 2.45) is 0 Å². The molecule has 4 nitrogen and oxygen atoms in total. The van der Waals surface area contributed by atoms with Crippen molar-refractivity contribution in [3.63, 3.8) is 0 Å². The van der Waals surface area contributed by atoms with Crippen LogP contribution in [-0.2, 0) is 6.42 Å². The number of anilines is 2. The molecule has 1 aromatic heterocycles. The zero-order valence-electron chi connectivity index (χ0n) is 13.1. The number of fused-ring (bicyclic) bond motifs is 3. The van der Waals surface area contributed by atoms with E-state index in [9.17, 15) is 0 Å². The van der Waals surface area contributed by atoms with E-state index in [-0.39, 0.29) is 0 Å². The first-order chi connectivity index (χ1) is 11.1. The molecule has 0 radical (unpaired) electrons. The monoisotopic (exact) mass is 368 g/mol. The van der Waals surface area contributed by atoms with Crippen molar-refractivity contribution in [2.45, 2.75) is 20.3 Å². The standard InChI is InChI=1S/C18H17BrN4/c1-12-3-6-15(7-4-12)22-10-9-18-21-20-13(2)23(18)16-8-5-14(19)11-17(16)22/h3-8,11H,9-10H2,1-2H3. The maximum absolute atomic E-state index is 4.35. The smallest absolute Gasteiger partial charge is 0.139 e. The summed E-state index contributed by atoms with van der Waals surface area (Å²) in [6.45, 7) is 5.00. The fourth-order valence-electron chi connectivity index (χ4n) is 3.11. The molecular weight excluding hydrogens is 352 g/mol. The third kappa shape index (κ3) is 2.45. The number of rotatable bonds is 1. The van der Waals surface area contributed by atoms with E-state index in [1.54, 1.807) is 0 Å². The zero-order valence-corrected chi connectivity index (χ0v) is 14.7. The number of benzene rings is 2. The Hall–Kier alpha value is -2.14. The van der Waals surface area contributed by atoms with Gasteiger partial charge in [0.15, 0.2) is 0 Å². The third-order valence-corrected chi connectivity index (χ3v) is 4.76. The lowest BCUT2D eigenvalue weighted by molar-refractivity contribution is 0.838. The summed E-state index contributed by atoms with van der Waals surface area (Å²) in [7, 11) is 0. The summed E-state index contributed by atoms with van der Waals surface area (Å²) in [6, 6.07) is 15.0. The molecule has 0 bridgehead atoms. The van der Waals surface area contributed by atoms with Crippen LogP contribution in [0.5, 0.6) is 0 Å². The van der Waals surface area contributed by atoms with Gasteiger partial charge in [0.05, 0.1) is 11.4 Å². The van der Waals surface area contributed by atoms with Crippen molar-refractivity contribution < 1.29 is 0 Å². The number of nitrogens with zero attached hydrogens (tertiary/aromatic N) is 4. The van der Waals surface area contributed by atoms with Gasteiger partial charge in [0.25, 0.3) is 0 Å². The van der Waals surface area contributed by atoms with Crippen LogP contribution in [0.4, 0.5) is 11.4 Å². The number of hydrogen-bond acceptors (Lipinski definition) is 3. The topological polar surface area (TPSA) is 34.0 Å². The van der Waals surface area contributed by atoms with Crippen molar-refractivity contribution >= 4 is 27.3 Å². The first-order valence-corrected chi connectivity index (χ1v) is 8.48. The van der Waals surface area contributed by atoms with Crippen LogP contribution in [0.2, 0.25) is 0 Å². The summed E-state index contributed by atoms with van der Waals surface area (Å²) in [6.07, 6.45) is 0.862. The molecule has 0 N–H and O–H groups in total. The van der Waals surface area contributed by atoms with E-state index in [4.69, 9.17) is 0 Å². The molecule has 1 aliphatic rings.